The lowest BCUT2D eigenvalue weighted by molar-refractivity contribution is -0.143. The first kappa shape index (κ1) is 9.52. The van der Waals surface area contributed by atoms with Crippen molar-refractivity contribution in [1.29, 1.82) is 0 Å². The molecule has 1 unspecified atom stereocenters. The Morgan fingerprint density at radius 3 is 2.50 bits per heavy atom. The van der Waals surface area contributed by atoms with Crippen molar-refractivity contribution in [2.45, 2.75) is 25.8 Å². The van der Waals surface area contributed by atoms with Crippen LogP contribution in [0, 0.1) is 12.8 Å². The first-order valence-electron chi connectivity index (χ1n) is 4.41. The van der Waals surface area contributed by atoms with E-state index in [1.165, 1.54) is 0 Å². The SMILES string of the molecule is [CH2]C1CCN(C(C)C(=O)O)CC1. The summed E-state index contributed by atoms with van der Waals surface area (Å²) in [6, 6.07) is -0.336. The monoisotopic (exact) mass is 170 g/mol. The Morgan fingerprint density at radius 1 is 1.58 bits per heavy atom. The van der Waals surface area contributed by atoms with Crippen molar-refractivity contribution < 1.29 is 9.90 Å². The minimum atomic E-state index is -0.725. The maximum absolute atomic E-state index is 10.6. The summed E-state index contributed by atoms with van der Waals surface area (Å²) >= 11 is 0. The van der Waals surface area contributed by atoms with Crippen LogP contribution in [-0.2, 0) is 4.79 Å². The molecule has 0 aromatic carbocycles. The van der Waals surface area contributed by atoms with Gasteiger partial charge in [-0.2, -0.15) is 0 Å². The number of nitrogens with zero attached hydrogens (tertiary/aromatic N) is 1. The molecule has 0 saturated carbocycles. The van der Waals surface area contributed by atoms with Crippen molar-refractivity contribution >= 4 is 5.97 Å². The zero-order valence-corrected chi connectivity index (χ0v) is 7.49. The number of hydrogen-bond donors (Lipinski definition) is 1. The van der Waals surface area contributed by atoms with Gasteiger partial charge in [0.2, 0.25) is 0 Å². The van der Waals surface area contributed by atoms with Crippen molar-refractivity contribution in [3.05, 3.63) is 6.92 Å². The van der Waals surface area contributed by atoms with Crippen LogP contribution in [0.4, 0.5) is 0 Å². The van der Waals surface area contributed by atoms with Crippen LogP contribution in [0.25, 0.3) is 0 Å². The number of piperidine rings is 1. The number of likely N-dealkylation sites (tertiary alicyclic amines) is 1. The topological polar surface area (TPSA) is 40.5 Å². The van der Waals surface area contributed by atoms with Crippen molar-refractivity contribution in [3.63, 3.8) is 0 Å². The van der Waals surface area contributed by atoms with E-state index in [1.807, 2.05) is 4.90 Å². The van der Waals surface area contributed by atoms with Gasteiger partial charge < -0.3 is 5.11 Å². The van der Waals surface area contributed by atoms with Crippen molar-refractivity contribution in [1.82, 2.24) is 4.90 Å². The first-order valence-corrected chi connectivity index (χ1v) is 4.41. The lowest BCUT2D eigenvalue weighted by Crippen LogP contribution is -2.43. The molecule has 1 saturated heterocycles. The van der Waals surface area contributed by atoms with Crippen LogP contribution in [0.15, 0.2) is 0 Å². The van der Waals surface area contributed by atoms with Gasteiger partial charge in [0.25, 0.3) is 0 Å². The molecule has 0 aromatic heterocycles. The Hall–Kier alpha value is -0.570. The van der Waals surface area contributed by atoms with Crippen LogP contribution >= 0.6 is 0 Å². The Kier molecular flexibility index (Phi) is 3.09. The molecule has 0 spiro atoms. The minimum absolute atomic E-state index is 0.336. The first-order chi connectivity index (χ1) is 5.61. The van der Waals surface area contributed by atoms with E-state index < -0.39 is 5.97 Å². The second-order valence-corrected chi connectivity index (χ2v) is 3.49. The zero-order valence-electron chi connectivity index (χ0n) is 7.49. The maximum Gasteiger partial charge on any atom is 0.320 e. The summed E-state index contributed by atoms with van der Waals surface area (Å²) in [7, 11) is 0. The minimum Gasteiger partial charge on any atom is -0.480 e. The van der Waals surface area contributed by atoms with Gasteiger partial charge >= 0.3 is 5.97 Å². The predicted molar refractivity (Wildman–Crippen MR) is 46.8 cm³/mol. The van der Waals surface area contributed by atoms with Crippen LogP contribution in [-0.4, -0.2) is 35.1 Å². The van der Waals surface area contributed by atoms with Crippen LogP contribution in [0.3, 0.4) is 0 Å². The van der Waals surface area contributed by atoms with Gasteiger partial charge in [0.05, 0.1) is 0 Å². The molecule has 3 heteroatoms. The molecule has 1 atom stereocenters. The molecule has 0 amide bonds. The third-order valence-corrected chi connectivity index (χ3v) is 2.55. The molecule has 1 heterocycles. The van der Waals surface area contributed by atoms with E-state index in [9.17, 15) is 4.79 Å². The molecule has 1 fully saturated rings. The smallest absolute Gasteiger partial charge is 0.320 e. The molecule has 12 heavy (non-hydrogen) atoms. The number of aliphatic carboxylic acids is 1. The fourth-order valence-corrected chi connectivity index (χ4v) is 1.50. The van der Waals surface area contributed by atoms with E-state index in [0.717, 1.165) is 25.9 Å². The van der Waals surface area contributed by atoms with Crippen LogP contribution in [0.2, 0.25) is 0 Å². The van der Waals surface area contributed by atoms with E-state index in [2.05, 4.69) is 6.92 Å². The Balaban J connectivity index is 2.39. The summed E-state index contributed by atoms with van der Waals surface area (Å²) in [6.07, 6.45) is 2.05. The van der Waals surface area contributed by atoms with Gasteiger partial charge in [-0.3, -0.25) is 9.69 Å². The number of carboxylic acids is 1. The van der Waals surface area contributed by atoms with Crippen LogP contribution < -0.4 is 0 Å². The average molecular weight is 170 g/mol. The van der Waals surface area contributed by atoms with Crippen molar-refractivity contribution in [2.75, 3.05) is 13.1 Å². The molecule has 69 valence electrons. The summed E-state index contributed by atoms with van der Waals surface area (Å²) in [5, 5.41) is 8.74. The molecular weight excluding hydrogens is 154 g/mol. The van der Waals surface area contributed by atoms with Gasteiger partial charge in [0.15, 0.2) is 0 Å². The summed E-state index contributed by atoms with van der Waals surface area (Å²) < 4.78 is 0. The summed E-state index contributed by atoms with van der Waals surface area (Å²) in [5.41, 5.74) is 0. The Labute approximate surface area is 73.4 Å². The van der Waals surface area contributed by atoms with Crippen molar-refractivity contribution in [3.8, 4) is 0 Å². The molecule has 1 aliphatic rings. The Bertz CT molecular complexity index is 162. The molecule has 1 rings (SSSR count). The van der Waals surface area contributed by atoms with E-state index in [1.54, 1.807) is 6.92 Å². The highest BCUT2D eigenvalue weighted by molar-refractivity contribution is 5.72. The fourth-order valence-electron chi connectivity index (χ4n) is 1.50. The second-order valence-electron chi connectivity index (χ2n) is 3.49. The van der Waals surface area contributed by atoms with Gasteiger partial charge in [-0.15, -0.1) is 0 Å². The fraction of sp³-hybridized carbons (Fsp3) is 0.778. The third-order valence-electron chi connectivity index (χ3n) is 2.55. The summed E-state index contributed by atoms with van der Waals surface area (Å²) in [4.78, 5) is 12.6. The highest BCUT2D eigenvalue weighted by Gasteiger charge is 2.24. The number of rotatable bonds is 2. The zero-order chi connectivity index (χ0) is 9.14. The number of hydrogen-bond acceptors (Lipinski definition) is 2. The normalized spacial score (nSPS) is 23.8. The van der Waals surface area contributed by atoms with Crippen LogP contribution in [0.1, 0.15) is 19.8 Å². The van der Waals surface area contributed by atoms with E-state index in [0.29, 0.717) is 5.92 Å². The van der Waals surface area contributed by atoms with Crippen molar-refractivity contribution in [2.24, 2.45) is 5.92 Å². The largest absolute Gasteiger partial charge is 0.480 e. The van der Waals surface area contributed by atoms with Gasteiger partial charge in [0.1, 0.15) is 6.04 Å². The third kappa shape index (κ3) is 2.21. The predicted octanol–water partition coefficient (Wildman–Crippen LogP) is 1.01. The summed E-state index contributed by atoms with van der Waals surface area (Å²) in [6.45, 7) is 7.46. The molecule has 1 aliphatic heterocycles. The van der Waals surface area contributed by atoms with E-state index in [4.69, 9.17) is 5.11 Å². The van der Waals surface area contributed by atoms with E-state index in [-0.39, 0.29) is 6.04 Å². The Morgan fingerprint density at radius 2 is 2.08 bits per heavy atom. The molecule has 0 aromatic rings. The molecule has 0 bridgehead atoms. The molecule has 1 N–H and O–H groups in total. The molecular formula is C9H16NO2. The quantitative estimate of drug-likeness (QED) is 0.672. The van der Waals surface area contributed by atoms with Gasteiger partial charge in [-0.05, 0) is 38.8 Å². The average Bonchev–Trinajstić information content (AvgIpc) is 2.04. The number of carbonyl (C=O) groups is 1. The highest BCUT2D eigenvalue weighted by atomic mass is 16.4. The molecule has 0 aliphatic carbocycles. The number of carboxylic acid groups (broad SMARTS) is 1. The molecule has 1 radical (unpaired) electrons. The highest BCUT2D eigenvalue weighted by Crippen LogP contribution is 2.17. The van der Waals surface area contributed by atoms with Crippen LogP contribution in [0.5, 0.6) is 0 Å². The summed E-state index contributed by atoms with van der Waals surface area (Å²) in [5.74, 6) is -0.209. The lowest BCUT2D eigenvalue weighted by Gasteiger charge is -2.32. The van der Waals surface area contributed by atoms with Gasteiger partial charge in [-0.1, -0.05) is 6.92 Å². The maximum atomic E-state index is 10.6. The standard InChI is InChI=1S/C9H16NO2/c1-7-3-5-10(6-4-7)8(2)9(11)12/h7-8H,1,3-6H2,2H3,(H,11,12). The van der Waals surface area contributed by atoms with Gasteiger partial charge in [-0.25, -0.2) is 0 Å². The molecule has 3 nitrogen and oxygen atoms in total. The van der Waals surface area contributed by atoms with Gasteiger partial charge in [0, 0.05) is 0 Å². The lowest BCUT2D eigenvalue weighted by atomic mass is 9.98. The second kappa shape index (κ2) is 3.90. The van der Waals surface area contributed by atoms with E-state index >= 15 is 0 Å².